The van der Waals surface area contributed by atoms with Gasteiger partial charge in [-0.1, -0.05) is 131 Å². The molecule has 0 spiro atoms. The molecule has 4 aliphatic heterocycles. The summed E-state index contributed by atoms with van der Waals surface area (Å²) >= 11 is 29.2. The molecule has 5 aromatic heterocycles. The Morgan fingerprint density at radius 1 is 0.411 bits per heavy atom. The highest BCUT2D eigenvalue weighted by atomic mass is 79.9. The molecular formula is C83H76Br3Cl3N10O8. The largest absolute Gasteiger partial charge is 0.497 e. The van der Waals surface area contributed by atoms with Gasteiger partial charge in [-0.05, 0) is 212 Å². The van der Waals surface area contributed by atoms with Gasteiger partial charge in [0.2, 0.25) is 0 Å². The molecule has 4 unspecified atom stereocenters. The number of carbonyl (C=O) groups is 3. The predicted molar refractivity (Wildman–Crippen MR) is 433 cm³/mol. The Morgan fingerprint density at radius 2 is 0.738 bits per heavy atom. The molecule has 18 nitrogen and oxygen atoms in total. The summed E-state index contributed by atoms with van der Waals surface area (Å²) in [6.07, 6.45) is 7.64. The third kappa shape index (κ3) is 15.5. The van der Waals surface area contributed by atoms with Crippen molar-refractivity contribution in [3.63, 3.8) is 0 Å². The van der Waals surface area contributed by atoms with Gasteiger partial charge in [0, 0.05) is 133 Å². The summed E-state index contributed by atoms with van der Waals surface area (Å²) in [6.45, 7) is 9.23. The van der Waals surface area contributed by atoms with E-state index >= 15 is 0 Å². The highest BCUT2D eigenvalue weighted by molar-refractivity contribution is 9.11. The molecule has 3 amide bonds. The fourth-order valence-electron chi connectivity index (χ4n) is 15.2. The summed E-state index contributed by atoms with van der Waals surface area (Å²) < 4.78 is 29.7. The molecule has 24 heteroatoms. The Hall–Kier alpha value is -9.48. The van der Waals surface area contributed by atoms with E-state index in [-0.39, 0.29) is 42.4 Å². The standard InChI is InChI=1S/C22H19ClN4O.C21H21ClN2O3.C20H18Br2N2O2.C20H18BrClN2O2/c1-28-16-5-2-14(3-6-16)22-21-17(18-12-15(23)4-7-19(18)26-21)8-11-27(22)20-13-24-9-10-25-20;1-3-27-21(25)24-11-10-16-17-12-14(22)6-9-18(17)23-19(16)20(24)13-4-7-15(26-2)8-5-13;1-2-26-20(25)24-10-9-15-16-11-14(22)7-8-17(16)23-18(15)19(24)12-3-5-13(21)6-4-12;1-2-26-20(25)24-10-9-15-16-11-13(21)5-8-17(16)23-18(15)19(24)12-3-6-14(22)7-4-12/h2-7,9-10,12-13,22,26H,8,11H2,1H3;4-9,12,20,23H,3,10-11H2,1-2H3;2*3-8,11,19,23H,2,9-10H2,1H3. The van der Waals surface area contributed by atoms with Crippen molar-refractivity contribution in [2.45, 2.75) is 70.6 Å². The van der Waals surface area contributed by atoms with Crippen LogP contribution >= 0.6 is 82.6 Å². The zero-order valence-electron chi connectivity index (χ0n) is 59.2. The van der Waals surface area contributed by atoms with Gasteiger partial charge in [-0.25, -0.2) is 19.4 Å². The second-order valence-electron chi connectivity index (χ2n) is 26.0. The lowest BCUT2D eigenvalue weighted by atomic mass is 9.92. The minimum Gasteiger partial charge on any atom is -0.497 e. The number of nitrogens with one attached hydrogen (secondary N) is 4. The number of carbonyl (C=O) groups excluding carboxylic acids is 3. The number of H-pyrrole nitrogens is 4. The number of aromatic amines is 4. The fraction of sp³-hybridized carbons (Fsp3) is 0.241. The first kappa shape index (κ1) is 74.4. The Morgan fingerprint density at radius 3 is 1.11 bits per heavy atom. The van der Waals surface area contributed by atoms with Crippen LogP contribution < -0.4 is 14.4 Å². The first-order chi connectivity index (χ1) is 52.0. The van der Waals surface area contributed by atoms with Crippen LogP contribution in [-0.4, -0.2) is 123 Å². The molecule has 0 radical (unpaired) electrons. The van der Waals surface area contributed by atoms with Gasteiger partial charge < -0.3 is 48.5 Å². The molecule has 0 saturated heterocycles. The Kier molecular flexibility index (Phi) is 22.9. The van der Waals surface area contributed by atoms with E-state index < -0.39 is 0 Å². The molecule has 548 valence electrons. The van der Waals surface area contributed by atoms with Crippen molar-refractivity contribution in [3.8, 4) is 11.5 Å². The van der Waals surface area contributed by atoms with Crippen LogP contribution in [0.25, 0.3) is 43.6 Å². The average Bonchev–Trinajstić information content (AvgIpc) is 1.64. The summed E-state index contributed by atoms with van der Waals surface area (Å²) in [4.78, 5) is 68.6. The predicted octanol–water partition coefficient (Wildman–Crippen LogP) is 21.2. The van der Waals surface area contributed by atoms with Crippen LogP contribution in [0.3, 0.4) is 0 Å². The Balaban J connectivity index is 0.000000120. The molecular weight excluding hydrogens is 1610 g/mol. The summed E-state index contributed by atoms with van der Waals surface area (Å²) in [5, 5.41) is 6.84. The van der Waals surface area contributed by atoms with E-state index in [0.29, 0.717) is 49.5 Å². The van der Waals surface area contributed by atoms with Gasteiger partial charge in [0.05, 0.1) is 46.3 Å². The van der Waals surface area contributed by atoms with E-state index in [1.807, 2.05) is 147 Å². The monoisotopic (exact) mass is 1680 g/mol. The molecule has 107 heavy (non-hydrogen) atoms. The second kappa shape index (κ2) is 32.9. The maximum Gasteiger partial charge on any atom is 0.410 e. The zero-order chi connectivity index (χ0) is 74.6. The number of hydrogen-bond acceptors (Lipinski definition) is 11. The SMILES string of the molecule is CCOC(=O)N1CCc2c([nH]c3ccc(Br)cc23)C1c1ccc(Br)cc1.CCOC(=O)N1CCc2c([nH]c3ccc(Br)cc23)C1c1ccc(Cl)cc1.CCOC(=O)N1CCc2c([nH]c3ccc(Cl)cc23)C1c1ccc(OC)cc1.COc1ccc(C2c3[nH]c4ccc(Cl)cc4c3CCN2c2cnccn2)cc1. The lowest BCUT2D eigenvalue weighted by molar-refractivity contribution is 0.0925. The van der Waals surface area contributed by atoms with Crippen molar-refractivity contribution in [3.05, 3.63) is 284 Å². The molecule has 0 bridgehead atoms. The maximum atomic E-state index is 12.6. The number of benzene rings is 8. The van der Waals surface area contributed by atoms with Gasteiger partial charge >= 0.3 is 18.3 Å². The molecule has 9 heterocycles. The third-order valence-electron chi connectivity index (χ3n) is 19.9. The number of rotatable bonds is 10. The fourth-order valence-corrected chi connectivity index (χ4v) is 16.6. The Labute approximate surface area is 659 Å². The number of nitrogens with zero attached hydrogens (tertiary/aromatic N) is 6. The normalized spacial score (nSPS) is 16.4. The van der Waals surface area contributed by atoms with E-state index in [0.717, 1.165) is 129 Å². The summed E-state index contributed by atoms with van der Waals surface area (Å²) in [6, 6.07) is 55.5. The smallest absolute Gasteiger partial charge is 0.410 e. The quantitative estimate of drug-likeness (QED) is 0.0950. The van der Waals surface area contributed by atoms with E-state index in [4.69, 9.17) is 58.5 Å². The maximum absolute atomic E-state index is 12.6. The van der Waals surface area contributed by atoms with Crippen molar-refractivity contribution in [2.75, 3.05) is 65.1 Å². The molecule has 0 fully saturated rings. The van der Waals surface area contributed by atoms with Crippen molar-refractivity contribution < 1.29 is 38.1 Å². The van der Waals surface area contributed by atoms with Crippen molar-refractivity contribution in [2.24, 2.45) is 0 Å². The van der Waals surface area contributed by atoms with Crippen LogP contribution in [0.2, 0.25) is 15.1 Å². The minimum atomic E-state index is -0.305. The molecule has 8 aromatic carbocycles. The molecule has 4 aliphatic rings. The number of hydrogen-bond donors (Lipinski definition) is 4. The number of amides is 3. The molecule has 17 rings (SSSR count). The van der Waals surface area contributed by atoms with Crippen molar-refractivity contribution >= 4 is 150 Å². The topological polar surface area (TPSA) is 199 Å². The lowest BCUT2D eigenvalue weighted by Gasteiger charge is -2.37. The summed E-state index contributed by atoms with van der Waals surface area (Å²) in [5.41, 5.74) is 17.9. The van der Waals surface area contributed by atoms with Gasteiger partial charge in [-0.2, -0.15) is 0 Å². The van der Waals surface area contributed by atoms with Gasteiger partial charge in [0.25, 0.3) is 0 Å². The van der Waals surface area contributed by atoms with E-state index in [9.17, 15) is 14.4 Å². The molecule has 0 saturated carbocycles. The van der Waals surface area contributed by atoms with Crippen LogP contribution in [0.5, 0.6) is 11.5 Å². The van der Waals surface area contributed by atoms with Crippen LogP contribution in [0.1, 0.15) is 112 Å². The third-order valence-corrected chi connectivity index (χ3v) is 22.2. The van der Waals surface area contributed by atoms with E-state index in [1.54, 1.807) is 36.4 Å². The second-order valence-corrected chi connectivity index (χ2v) is 30.1. The summed E-state index contributed by atoms with van der Waals surface area (Å²) in [7, 11) is 3.32. The van der Waals surface area contributed by atoms with Gasteiger partial charge in [-0.15, -0.1) is 0 Å². The van der Waals surface area contributed by atoms with Crippen molar-refractivity contribution in [1.82, 2.24) is 44.6 Å². The number of aromatic nitrogens is 6. The van der Waals surface area contributed by atoms with E-state index in [1.165, 1.54) is 49.7 Å². The molecule has 0 aliphatic carbocycles. The van der Waals surface area contributed by atoms with E-state index in [2.05, 4.69) is 137 Å². The number of methoxy groups -OCH3 is 2. The highest BCUT2D eigenvalue weighted by Crippen LogP contribution is 2.45. The number of fused-ring (bicyclic) bond motifs is 12. The van der Waals surface area contributed by atoms with Crippen molar-refractivity contribution in [1.29, 1.82) is 0 Å². The van der Waals surface area contributed by atoms with Gasteiger partial charge in [0.1, 0.15) is 35.4 Å². The van der Waals surface area contributed by atoms with Gasteiger partial charge in [-0.3, -0.25) is 19.7 Å². The highest BCUT2D eigenvalue weighted by Gasteiger charge is 2.39. The number of ether oxygens (including phenoxy) is 5. The van der Waals surface area contributed by atoms with Crippen LogP contribution in [0.4, 0.5) is 20.2 Å². The first-order valence-electron chi connectivity index (χ1n) is 35.3. The summed E-state index contributed by atoms with van der Waals surface area (Å²) in [5.74, 6) is 2.49. The number of anilines is 1. The number of halogens is 6. The van der Waals surface area contributed by atoms with Gasteiger partial charge in [0.15, 0.2) is 0 Å². The molecule has 4 N–H and O–H groups in total. The zero-order valence-corrected chi connectivity index (χ0v) is 66.2. The Bertz CT molecular complexity index is 5210. The minimum absolute atomic E-state index is 0.0116. The first-order valence-corrected chi connectivity index (χ1v) is 38.9. The van der Waals surface area contributed by atoms with Crippen LogP contribution in [-0.2, 0) is 39.9 Å². The average molecular weight is 1690 g/mol. The molecule has 4 atom stereocenters. The lowest BCUT2D eigenvalue weighted by Crippen LogP contribution is -2.40. The van der Waals surface area contributed by atoms with Crippen LogP contribution in [0, 0.1) is 0 Å². The van der Waals surface area contributed by atoms with Crippen LogP contribution in [0.15, 0.2) is 202 Å². The molecule has 13 aromatic rings.